The van der Waals surface area contributed by atoms with Crippen LogP contribution in [-0.4, -0.2) is 36.6 Å². The molecule has 0 saturated carbocycles. The molecule has 0 aliphatic carbocycles. The summed E-state index contributed by atoms with van der Waals surface area (Å²) in [6.07, 6.45) is 3.08. The summed E-state index contributed by atoms with van der Waals surface area (Å²) in [5, 5.41) is 3.41. The lowest BCUT2D eigenvalue weighted by atomic mass is 10.2. The van der Waals surface area contributed by atoms with Gasteiger partial charge in [0.2, 0.25) is 5.88 Å². The number of hydrogen-bond donors (Lipinski definition) is 2. The van der Waals surface area contributed by atoms with Gasteiger partial charge in [-0.1, -0.05) is 0 Å². The van der Waals surface area contributed by atoms with Crippen molar-refractivity contribution in [2.45, 2.75) is 25.7 Å². The highest BCUT2D eigenvalue weighted by Gasteiger charge is 2.13. The van der Waals surface area contributed by atoms with E-state index in [4.69, 9.17) is 4.74 Å². The Morgan fingerprint density at radius 1 is 1.44 bits per heavy atom. The van der Waals surface area contributed by atoms with E-state index < -0.39 is 0 Å². The second kappa shape index (κ2) is 6.29. The number of thiol groups is 1. The van der Waals surface area contributed by atoms with Crippen LogP contribution in [0.25, 0.3) is 0 Å². The Balaban J connectivity index is 2.12. The molecule has 18 heavy (non-hydrogen) atoms. The number of pyridine rings is 1. The minimum absolute atomic E-state index is 0.134. The normalized spacial score (nSPS) is 18.3. The van der Waals surface area contributed by atoms with E-state index in [0.717, 1.165) is 26.2 Å². The molecule has 1 aromatic rings. The maximum Gasteiger partial charge on any atom is 0.214 e. The Labute approximate surface area is 114 Å². The van der Waals surface area contributed by atoms with Gasteiger partial charge >= 0.3 is 0 Å². The fourth-order valence-corrected chi connectivity index (χ4v) is 2.29. The Morgan fingerprint density at radius 3 is 3.00 bits per heavy atom. The van der Waals surface area contributed by atoms with E-state index in [1.54, 1.807) is 0 Å². The van der Waals surface area contributed by atoms with Crippen LogP contribution < -0.4 is 15.0 Å². The number of anilines is 1. The number of hydrogen-bond acceptors (Lipinski definition) is 5. The van der Waals surface area contributed by atoms with Crippen molar-refractivity contribution < 1.29 is 4.74 Å². The lowest BCUT2D eigenvalue weighted by Gasteiger charge is -2.24. The third-order valence-electron chi connectivity index (χ3n) is 3.03. The zero-order valence-corrected chi connectivity index (χ0v) is 11.9. The molecule has 1 saturated heterocycles. The molecule has 1 N–H and O–H groups in total. The summed E-state index contributed by atoms with van der Waals surface area (Å²) in [5.41, 5.74) is 2.28. The second-order valence-electron chi connectivity index (χ2n) is 4.62. The van der Waals surface area contributed by atoms with Crippen molar-refractivity contribution in [2.24, 2.45) is 0 Å². The van der Waals surface area contributed by atoms with E-state index in [0.29, 0.717) is 5.88 Å². The van der Waals surface area contributed by atoms with Gasteiger partial charge in [-0.05, 0) is 32.4 Å². The average molecular weight is 267 g/mol. The fraction of sp³-hybridized carbons (Fsp3) is 0.615. The van der Waals surface area contributed by atoms with Crippen LogP contribution in [0.2, 0.25) is 0 Å². The number of nitrogens with one attached hydrogen (secondary N) is 1. The Bertz CT molecular complexity index is 390. The number of ether oxygens (including phenoxy) is 1. The predicted molar refractivity (Wildman–Crippen MR) is 77.7 cm³/mol. The van der Waals surface area contributed by atoms with Crippen molar-refractivity contribution >= 4 is 18.3 Å². The van der Waals surface area contributed by atoms with Gasteiger partial charge in [0, 0.05) is 25.7 Å². The molecule has 0 aromatic carbocycles. The smallest absolute Gasteiger partial charge is 0.214 e. The quantitative estimate of drug-likeness (QED) is 0.647. The molecule has 1 unspecified atom stereocenters. The first-order valence-corrected chi connectivity index (χ1v) is 6.95. The lowest BCUT2D eigenvalue weighted by Crippen LogP contribution is -2.28. The van der Waals surface area contributed by atoms with Crippen molar-refractivity contribution in [1.29, 1.82) is 0 Å². The van der Waals surface area contributed by atoms with Crippen molar-refractivity contribution in [3.63, 3.8) is 0 Å². The van der Waals surface area contributed by atoms with Crippen molar-refractivity contribution in [2.75, 3.05) is 31.1 Å². The zero-order valence-electron chi connectivity index (χ0n) is 11.0. The molecule has 0 bridgehead atoms. The van der Waals surface area contributed by atoms with Crippen molar-refractivity contribution in [3.8, 4) is 5.88 Å². The van der Waals surface area contributed by atoms with Gasteiger partial charge in [-0.25, -0.2) is 4.98 Å². The largest absolute Gasteiger partial charge is 0.464 e. The molecule has 5 heteroatoms. The number of rotatable bonds is 3. The lowest BCUT2D eigenvalue weighted by molar-refractivity contribution is 0.297. The van der Waals surface area contributed by atoms with Crippen LogP contribution in [0.4, 0.5) is 5.69 Å². The molecular formula is C13H21N3OS. The molecular weight excluding hydrogens is 246 g/mol. The van der Waals surface area contributed by atoms with E-state index >= 15 is 0 Å². The highest BCUT2D eigenvalue weighted by Crippen LogP contribution is 2.23. The maximum absolute atomic E-state index is 5.48. The summed E-state index contributed by atoms with van der Waals surface area (Å²) in [6.45, 7) is 8.23. The summed E-state index contributed by atoms with van der Waals surface area (Å²) >= 11 is 4.20. The first kappa shape index (κ1) is 13.5. The second-order valence-corrected chi connectivity index (χ2v) is 5.34. The Kier molecular flexibility index (Phi) is 4.72. The summed E-state index contributed by atoms with van der Waals surface area (Å²) in [4.78, 5) is 6.74. The van der Waals surface area contributed by atoms with Crippen LogP contribution in [0.3, 0.4) is 0 Å². The minimum Gasteiger partial charge on any atom is -0.464 e. The molecule has 1 fully saturated rings. The van der Waals surface area contributed by atoms with Gasteiger partial charge in [0.1, 0.15) is 5.44 Å². The van der Waals surface area contributed by atoms with Crippen molar-refractivity contribution in [3.05, 3.63) is 17.8 Å². The van der Waals surface area contributed by atoms with Crippen LogP contribution in [0.1, 0.15) is 18.9 Å². The molecule has 2 rings (SSSR count). The highest BCUT2D eigenvalue weighted by molar-refractivity contribution is 7.80. The molecule has 0 amide bonds. The van der Waals surface area contributed by atoms with E-state index in [1.165, 1.54) is 17.7 Å². The summed E-state index contributed by atoms with van der Waals surface area (Å²) in [6, 6.07) is 1.99. The predicted octanol–water partition coefficient (Wildman–Crippen LogP) is 1.84. The average Bonchev–Trinajstić information content (AvgIpc) is 2.57. The molecule has 1 atom stereocenters. The third kappa shape index (κ3) is 3.53. The number of aryl methyl sites for hydroxylation is 1. The third-order valence-corrected chi connectivity index (χ3v) is 3.14. The van der Waals surface area contributed by atoms with Crippen molar-refractivity contribution in [1.82, 2.24) is 10.3 Å². The highest BCUT2D eigenvalue weighted by atomic mass is 32.1. The minimum atomic E-state index is -0.134. The Morgan fingerprint density at radius 2 is 2.28 bits per heavy atom. The zero-order chi connectivity index (χ0) is 13.0. The van der Waals surface area contributed by atoms with Gasteiger partial charge < -0.3 is 15.0 Å². The summed E-state index contributed by atoms with van der Waals surface area (Å²) < 4.78 is 5.48. The van der Waals surface area contributed by atoms with E-state index in [1.807, 2.05) is 19.2 Å². The molecule has 1 aliphatic rings. The standard InChI is InChI=1S/C13H21N3OS/c1-10-8-13(17-11(2)18)15-9-12(10)16-6-3-4-14-5-7-16/h8-9,11,14,18H,3-7H2,1-2H3. The monoisotopic (exact) mass is 267 g/mol. The molecule has 1 aliphatic heterocycles. The van der Waals surface area contributed by atoms with E-state index in [-0.39, 0.29) is 5.44 Å². The maximum atomic E-state index is 5.48. The van der Waals surface area contributed by atoms with Gasteiger partial charge in [-0.2, -0.15) is 0 Å². The number of aromatic nitrogens is 1. The molecule has 0 spiro atoms. The Hall–Kier alpha value is -0.940. The van der Waals surface area contributed by atoms with E-state index in [9.17, 15) is 0 Å². The van der Waals surface area contributed by atoms with Gasteiger partial charge in [0.15, 0.2) is 0 Å². The molecule has 4 nitrogen and oxygen atoms in total. The van der Waals surface area contributed by atoms with Gasteiger partial charge in [0.05, 0.1) is 11.9 Å². The SMILES string of the molecule is Cc1cc(OC(C)S)ncc1N1CCCNCC1. The molecule has 0 radical (unpaired) electrons. The number of nitrogens with zero attached hydrogens (tertiary/aromatic N) is 2. The van der Waals surface area contributed by atoms with Crippen LogP contribution in [0, 0.1) is 6.92 Å². The first-order chi connectivity index (χ1) is 8.66. The van der Waals surface area contributed by atoms with Crippen LogP contribution in [-0.2, 0) is 0 Å². The van der Waals surface area contributed by atoms with Crippen LogP contribution in [0.5, 0.6) is 5.88 Å². The van der Waals surface area contributed by atoms with E-state index in [2.05, 4.69) is 34.8 Å². The molecule has 1 aromatic heterocycles. The molecule has 2 heterocycles. The molecule has 100 valence electrons. The topological polar surface area (TPSA) is 37.4 Å². The van der Waals surface area contributed by atoms with Gasteiger partial charge in [-0.3, -0.25) is 0 Å². The summed E-state index contributed by atoms with van der Waals surface area (Å²) in [5.74, 6) is 0.645. The van der Waals surface area contributed by atoms with Crippen LogP contribution >= 0.6 is 12.6 Å². The van der Waals surface area contributed by atoms with Crippen LogP contribution in [0.15, 0.2) is 12.3 Å². The first-order valence-electron chi connectivity index (χ1n) is 6.44. The van der Waals surface area contributed by atoms with Gasteiger partial charge in [0.25, 0.3) is 0 Å². The fourth-order valence-electron chi connectivity index (χ4n) is 2.18. The van der Waals surface area contributed by atoms with Gasteiger partial charge in [-0.15, -0.1) is 12.6 Å². The summed E-state index contributed by atoms with van der Waals surface area (Å²) in [7, 11) is 0.